The zero-order valence-electron chi connectivity index (χ0n) is 11.3. The topological polar surface area (TPSA) is 67.2 Å². The molecular formula is C14H19N3O2. The number of fused-ring (bicyclic) bond motifs is 1. The molecule has 0 saturated carbocycles. The molecule has 0 aliphatic carbocycles. The zero-order chi connectivity index (χ0) is 13.8. The zero-order valence-corrected chi connectivity index (χ0v) is 11.3. The fourth-order valence-corrected chi connectivity index (χ4v) is 2.00. The first kappa shape index (κ1) is 13.5. The fourth-order valence-electron chi connectivity index (χ4n) is 2.00. The van der Waals surface area contributed by atoms with Crippen LogP contribution in [0.4, 0.5) is 0 Å². The first-order valence-electron chi connectivity index (χ1n) is 6.41. The van der Waals surface area contributed by atoms with Crippen molar-refractivity contribution in [2.45, 2.75) is 26.8 Å². The Bertz CT molecular complexity index is 590. The molecule has 0 saturated heterocycles. The second-order valence-corrected chi connectivity index (χ2v) is 4.69. The minimum atomic E-state index is -0.0558. The molecule has 0 unspecified atom stereocenters. The summed E-state index contributed by atoms with van der Waals surface area (Å²) in [4.78, 5) is 15.9. The van der Waals surface area contributed by atoms with Crippen LogP contribution in [0.2, 0.25) is 0 Å². The number of aryl methyl sites for hydroxylation is 3. The van der Waals surface area contributed by atoms with Crippen LogP contribution in [0.15, 0.2) is 18.5 Å². The highest BCUT2D eigenvalue weighted by atomic mass is 16.3. The summed E-state index contributed by atoms with van der Waals surface area (Å²) < 4.78 is 1.99. The van der Waals surface area contributed by atoms with Crippen molar-refractivity contribution in [3.63, 3.8) is 0 Å². The molecule has 1 heterocycles. The number of aromatic nitrogens is 2. The van der Waals surface area contributed by atoms with Crippen LogP contribution in [0, 0.1) is 13.8 Å². The summed E-state index contributed by atoms with van der Waals surface area (Å²) in [5.41, 5.74) is 4.45. The summed E-state index contributed by atoms with van der Waals surface area (Å²) in [6.45, 7) is 5.01. The average Bonchev–Trinajstić information content (AvgIpc) is 2.77. The number of hydrogen-bond donors (Lipinski definition) is 2. The number of carbonyl (C=O) groups is 1. The minimum absolute atomic E-state index is 0.0295. The summed E-state index contributed by atoms with van der Waals surface area (Å²) >= 11 is 0. The van der Waals surface area contributed by atoms with E-state index in [1.165, 1.54) is 11.1 Å². The van der Waals surface area contributed by atoms with Gasteiger partial charge < -0.3 is 15.0 Å². The predicted octanol–water partition coefficient (Wildman–Crippen LogP) is 1.15. The van der Waals surface area contributed by atoms with Gasteiger partial charge in [-0.25, -0.2) is 4.98 Å². The van der Waals surface area contributed by atoms with Gasteiger partial charge in [-0.1, -0.05) is 0 Å². The second-order valence-electron chi connectivity index (χ2n) is 4.69. The van der Waals surface area contributed by atoms with E-state index in [-0.39, 0.29) is 12.5 Å². The highest BCUT2D eigenvalue weighted by Crippen LogP contribution is 2.18. The molecule has 19 heavy (non-hydrogen) atoms. The second kappa shape index (κ2) is 5.84. The summed E-state index contributed by atoms with van der Waals surface area (Å²) in [5.74, 6) is -0.0558. The maximum absolute atomic E-state index is 11.5. The van der Waals surface area contributed by atoms with Gasteiger partial charge in [-0.15, -0.1) is 0 Å². The Balaban J connectivity index is 2.09. The van der Waals surface area contributed by atoms with Crippen molar-refractivity contribution in [3.05, 3.63) is 29.6 Å². The highest BCUT2D eigenvalue weighted by molar-refractivity contribution is 5.78. The summed E-state index contributed by atoms with van der Waals surface area (Å²) in [6, 6.07) is 4.16. The molecule has 2 rings (SSSR count). The van der Waals surface area contributed by atoms with Crippen LogP contribution >= 0.6 is 0 Å². The van der Waals surface area contributed by atoms with Gasteiger partial charge in [0.05, 0.1) is 24.0 Å². The number of aliphatic hydroxyl groups excluding tert-OH is 1. The van der Waals surface area contributed by atoms with E-state index >= 15 is 0 Å². The van der Waals surface area contributed by atoms with Gasteiger partial charge in [-0.3, -0.25) is 4.79 Å². The Morgan fingerprint density at radius 1 is 1.37 bits per heavy atom. The number of imidazole rings is 1. The van der Waals surface area contributed by atoms with E-state index in [2.05, 4.69) is 36.3 Å². The van der Waals surface area contributed by atoms with Crippen LogP contribution in [0.1, 0.15) is 17.5 Å². The van der Waals surface area contributed by atoms with E-state index in [1.54, 1.807) is 6.33 Å². The number of amides is 1. The molecule has 0 bridgehead atoms. The van der Waals surface area contributed by atoms with Crippen molar-refractivity contribution in [3.8, 4) is 0 Å². The van der Waals surface area contributed by atoms with Gasteiger partial charge in [0.2, 0.25) is 5.91 Å². The van der Waals surface area contributed by atoms with Gasteiger partial charge in [0.15, 0.2) is 0 Å². The van der Waals surface area contributed by atoms with Crippen LogP contribution in [0.25, 0.3) is 11.0 Å². The van der Waals surface area contributed by atoms with Gasteiger partial charge in [0.1, 0.15) is 0 Å². The first-order chi connectivity index (χ1) is 9.11. The Morgan fingerprint density at radius 3 is 2.84 bits per heavy atom. The molecule has 0 atom stereocenters. The number of benzene rings is 1. The minimum Gasteiger partial charge on any atom is -0.395 e. The lowest BCUT2D eigenvalue weighted by molar-refractivity contribution is -0.121. The van der Waals surface area contributed by atoms with Gasteiger partial charge in [0.25, 0.3) is 0 Å². The average molecular weight is 261 g/mol. The molecule has 0 aliphatic heterocycles. The predicted molar refractivity (Wildman–Crippen MR) is 73.9 cm³/mol. The molecule has 5 heteroatoms. The quantitative estimate of drug-likeness (QED) is 0.848. The monoisotopic (exact) mass is 261 g/mol. The molecule has 2 N–H and O–H groups in total. The Hall–Kier alpha value is -1.88. The third kappa shape index (κ3) is 3.12. The van der Waals surface area contributed by atoms with E-state index in [0.717, 1.165) is 11.0 Å². The van der Waals surface area contributed by atoms with Gasteiger partial charge in [-0.2, -0.15) is 0 Å². The van der Waals surface area contributed by atoms with Crippen molar-refractivity contribution in [1.29, 1.82) is 0 Å². The smallest absolute Gasteiger partial charge is 0.221 e. The number of carbonyl (C=O) groups excluding carboxylic acids is 1. The van der Waals surface area contributed by atoms with Gasteiger partial charge >= 0.3 is 0 Å². The van der Waals surface area contributed by atoms with E-state index in [1.807, 2.05) is 4.57 Å². The lowest BCUT2D eigenvalue weighted by Gasteiger charge is -2.06. The van der Waals surface area contributed by atoms with E-state index in [9.17, 15) is 4.79 Å². The number of rotatable bonds is 5. The van der Waals surface area contributed by atoms with Gasteiger partial charge in [-0.05, 0) is 37.1 Å². The molecule has 1 aromatic heterocycles. The van der Waals surface area contributed by atoms with Crippen LogP contribution < -0.4 is 5.32 Å². The summed E-state index contributed by atoms with van der Waals surface area (Å²) in [6.07, 6.45) is 2.15. The summed E-state index contributed by atoms with van der Waals surface area (Å²) in [5, 5.41) is 11.3. The van der Waals surface area contributed by atoms with Crippen LogP contribution in [-0.2, 0) is 11.3 Å². The highest BCUT2D eigenvalue weighted by Gasteiger charge is 2.07. The maximum atomic E-state index is 11.5. The Morgan fingerprint density at radius 2 is 2.11 bits per heavy atom. The molecule has 1 amide bonds. The van der Waals surface area contributed by atoms with Crippen LogP contribution in [0.5, 0.6) is 0 Å². The normalized spacial score (nSPS) is 10.9. The van der Waals surface area contributed by atoms with Crippen molar-refractivity contribution in [2.75, 3.05) is 13.2 Å². The molecule has 0 spiro atoms. The summed E-state index contributed by atoms with van der Waals surface area (Å²) in [7, 11) is 0. The van der Waals surface area contributed by atoms with E-state index in [4.69, 9.17) is 5.11 Å². The standard InChI is InChI=1S/C14H19N3O2/c1-10-7-12-13(8-11(10)2)17(9-16-12)5-3-14(19)15-4-6-18/h7-9,18H,3-6H2,1-2H3,(H,15,19). The SMILES string of the molecule is Cc1cc2ncn(CCC(=O)NCCO)c2cc1C. The third-order valence-corrected chi connectivity index (χ3v) is 3.25. The molecule has 2 aromatic rings. The molecule has 0 radical (unpaired) electrons. The maximum Gasteiger partial charge on any atom is 0.221 e. The first-order valence-corrected chi connectivity index (χ1v) is 6.41. The molecule has 0 aliphatic rings. The van der Waals surface area contributed by atoms with Crippen molar-refractivity contribution < 1.29 is 9.90 Å². The van der Waals surface area contributed by atoms with Gasteiger partial charge in [0, 0.05) is 19.5 Å². The van der Waals surface area contributed by atoms with Crippen LogP contribution in [-0.4, -0.2) is 33.7 Å². The lowest BCUT2D eigenvalue weighted by atomic mass is 10.1. The molecule has 5 nitrogen and oxygen atoms in total. The number of hydrogen-bond acceptors (Lipinski definition) is 3. The van der Waals surface area contributed by atoms with Crippen molar-refractivity contribution >= 4 is 16.9 Å². The molecule has 1 aromatic carbocycles. The molecule has 102 valence electrons. The van der Waals surface area contributed by atoms with E-state index < -0.39 is 0 Å². The molecule has 0 fully saturated rings. The third-order valence-electron chi connectivity index (χ3n) is 3.25. The number of aliphatic hydroxyl groups is 1. The fraction of sp³-hybridized carbons (Fsp3) is 0.429. The number of nitrogens with zero attached hydrogens (tertiary/aromatic N) is 2. The Labute approximate surface area is 112 Å². The van der Waals surface area contributed by atoms with Crippen molar-refractivity contribution in [1.82, 2.24) is 14.9 Å². The largest absolute Gasteiger partial charge is 0.395 e. The molecular weight excluding hydrogens is 242 g/mol. The van der Waals surface area contributed by atoms with E-state index in [0.29, 0.717) is 19.5 Å². The van der Waals surface area contributed by atoms with Crippen LogP contribution in [0.3, 0.4) is 0 Å². The number of nitrogens with one attached hydrogen (secondary N) is 1. The lowest BCUT2D eigenvalue weighted by Crippen LogP contribution is -2.27. The van der Waals surface area contributed by atoms with Crippen molar-refractivity contribution in [2.24, 2.45) is 0 Å². The Kier molecular flexibility index (Phi) is 4.16.